The van der Waals surface area contributed by atoms with Crippen LogP contribution in [0.4, 0.5) is 0 Å². The number of esters is 1. The highest BCUT2D eigenvalue weighted by molar-refractivity contribution is 5.71. The average molecular weight is 266 g/mol. The first-order chi connectivity index (χ1) is 9.11. The maximum atomic E-state index is 11.4. The van der Waals surface area contributed by atoms with Gasteiger partial charge >= 0.3 is 5.97 Å². The largest absolute Gasteiger partial charge is 0.494 e. The third kappa shape index (κ3) is 6.70. The first kappa shape index (κ1) is 15.3. The minimum Gasteiger partial charge on any atom is -0.494 e. The second kappa shape index (κ2) is 8.40. The maximum absolute atomic E-state index is 11.4. The van der Waals surface area contributed by atoms with E-state index in [1.165, 1.54) is 0 Å². The molecule has 1 aromatic rings. The van der Waals surface area contributed by atoms with Crippen molar-refractivity contribution in [2.45, 2.75) is 27.2 Å². The second-order valence-corrected chi connectivity index (χ2v) is 4.60. The van der Waals surface area contributed by atoms with Crippen LogP contribution in [0.25, 0.3) is 0 Å². The van der Waals surface area contributed by atoms with Gasteiger partial charge in [0.1, 0.15) is 11.5 Å². The average Bonchev–Trinajstić information content (AvgIpc) is 2.38. The Labute approximate surface area is 114 Å². The van der Waals surface area contributed by atoms with E-state index in [1.807, 2.05) is 19.1 Å². The van der Waals surface area contributed by atoms with Crippen LogP contribution in [-0.2, 0) is 9.53 Å². The minimum atomic E-state index is -0.338. The van der Waals surface area contributed by atoms with Crippen molar-refractivity contribution in [3.63, 3.8) is 0 Å². The molecule has 0 spiro atoms. The fraction of sp³-hybridized carbons (Fsp3) is 0.533. The van der Waals surface area contributed by atoms with Gasteiger partial charge in [-0.25, -0.2) is 4.79 Å². The van der Waals surface area contributed by atoms with E-state index in [2.05, 4.69) is 13.8 Å². The molecule has 0 radical (unpaired) electrons. The van der Waals surface area contributed by atoms with Crippen LogP contribution < -0.4 is 9.47 Å². The van der Waals surface area contributed by atoms with Crippen LogP contribution in [-0.4, -0.2) is 25.8 Å². The molecule has 4 heteroatoms. The lowest BCUT2D eigenvalue weighted by molar-refractivity contribution is -0.146. The molecule has 4 nitrogen and oxygen atoms in total. The summed E-state index contributed by atoms with van der Waals surface area (Å²) in [6, 6.07) is 7.16. The Kier molecular flexibility index (Phi) is 6.79. The van der Waals surface area contributed by atoms with Crippen molar-refractivity contribution >= 4 is 5.97 Å². The molecule has 19 heavy (non-hydrogen) atoms. The molecule has 0 aliphatic carbocycles. The number of rotatable bonds is 8. The molecule has 0 heterocycles. The molecule has 0 saturated heterocycles. The van der Waals surface area contributed by atoms with Gasteiger partial charge in [-0.15, -0.1) is 0 Å². The highest BCUT2D eigenvalue weighted by Gasteiger charge is 2.05. The molecule has 0 saturated carbocycles. The molecule has 0 fully saturated rings. The zero-order valence-corrected chi connectivity index (χ0v) is 11.8. The zero-order chi connectivity index (χ0) is 14.1. The molecule has 0 amide bonds. The van der Waals surface area contributed by atoms with Gasteiger partial charge in [0.25, 0.3) is 0 Å². The molecule has 106 valence electrons. The molecule has 0 unspecified atom stereocenters. The highest BCUT2D eigenvalue weighted by atomic mass is 16.6. The fourth-order valence-electron chi connectivity index (χ4n) is 1.39. The van der Waals surface area contributed by atoms with Gasteiger partial charge in [0.05, 0.1) is 13.2 Å². The highest BCUT2D eigenvalue weighted by Crippen LogP contribution is 2.17. The molecular formula is C15H22O4. The van der Waals surface area contributed by atoms with Gasteiger partial charge in [-0.2, -0.15) is 0 Å². The number of ether oxygens (including phenoxy) is 3. The van der Waals surface area contributed by atoms with Gasteiger partial charge in [-0.3, -0.25) is 0 Å². The Hall–Kier alpha value is -1.71. The van der Waals surface area contributed by atoms with E-state index < -0.39 is 0 Å². The molecule has 0 aliphatic rings. The number of carbonyl (C=O) groups excluding carboxylic acids is 1. The fourth-order valence-corrected chi connectivity index (χ4v) is 1.39. The van der Waals surface area contributed by atoms with Gasteiger partial charge in [-0.1, -0.05) is 13.8 Å². The molecule has 0 atom stereocenters. The predicted molar refractivity (Wildman–Crippen MR) is 73.5 cm³/mol. The van der Waals surface area contributed by atoms with Gasteiger partial charge < -0.3 is 14.2 Å². The van der Waals surface area contributed by atoms with Gasteiger partial charge in [-0.05, 0) is 43.5 Å². The van der Waals surface area contributed by atoms with Crippen molar-refractivity contribution in [3.8, 4) is 11.5 Å². The van der Waals surface area contributed by atoms with Crippen molar-refractivity contribution in [1.82, 2.24) is 0 Å². The lowest BCUT2D eigenvalue weighted by Gasteiger charge is -2.09. The summed E-state index contributed by atoms with van der Waals surface area (Å²) >= 11 is 0. The zero-order valence-electron chi connectivity index (χ0n) is 11.8. The molecule has 1 aromatic carbocycles. The normalized spacial score (nSPS) is 10.3. The Morgan fingerprint density at radius 2 is 1.68 bits per heavy atom. The quantitative estimate of drug-likeness (QED) is 0.678. The number of hydrogen-bond acceptors (Lipinski definition) is 4. The minimum absolute atomic E-state index is 0.0634. The van der Waals surface area contributed by atoms with E-state index in [1.54, 1.807) is 12.1 Å². The number of carbonyl (C=O) groups is 1. The van der Waals surface area contributed by atoms with Crippen LogP contribution in [0, 0.1) is 5.92 Å². The summed E-state index contributed by atoms with van der Waals surface area (Å²) in [6.07, 6.45) is 0.870. The summed E-state index contributed by atoms with van der Waals surface area (Å²) in [6.45, 7) is 7.11. The van der Waals surface area contributed by atoms with E-state index in [9.17, 15) is 4.79 Å². The molecule has 0 aliphatic heterocycles. The molecule has 0 N–H and O–H groups in total. The molecule has 0 aromatic heterocycles. The van der Waals surface area contributed by atoms with Gasteiger partial charge in [0.15, 0.2) is 6.61 Å². The monoisotopic (exact) mass is 266 g/mol. The summed E-state index contributed by atoms with van der Waals surface area (Å²) in [5.74, 6) is 1.60. The Morgan fingerprint density at radius 3 is 2.21 bits per heavy atom. The van der Waals surface area contributed by atoms with Crippen molar-refractivity contribution < 1.29 is 19.0 Å². The van der Waals surface area contributed by atoms with Gasteiger partial charge in [0.2, 0.25) is 0 Å². The van der Waals surface area contributed by atoms with E-state index in [0.717, 1.165) is 12.2 Å². The third-order valence-electron chi connectivity index (χ3n) is 2.45. The summed E-state index contributed by atoms with van der Waals surface area (Å²) in [5.41, 5.74) is 0. The van der Waals surface area contributed by atoms with Crippen LogP contribution in [0.15, 0.2) is 24.3 Å². The van der Waals surface area contributed by atoms with Gasteiger partial charge in [0, 0.05) is 0 Å². The predicted octanol–water partition coefficient (Wildman–Crippen LogP) is 3.05. The number of hydrogen-bond donors (Lipinski definition) is 0. The lowest BCUT2D eigenvalue weighted by Crippen LogP contribution is -2.16. The standard InChI is InChI=1S/C15H22O4/c1-4-17-13-5-7-14(8-6-13)19-11-15(16)18-10-9-12(2)3/h5-8,12H,4,9-11H2,1-3H3. The van der Waals surface area contributed by atoms with Crippen LogP contribution in [0.5, 0.6) is 11.5 Å². The smallest absolute Gasteiger partial charge is 0.344 e. The first-order valence-corrected chi connectivity index (χ1v) is 6.63. The molecular weight excluding hydrogens is 244 g/mol. The van der Waals surface area contributed by atoms with Crippen LogP contribution >= 0.6 is 0 Å². The first-order valence-electron chi connectivity index (χ1n) is 6.63. The van der Waals surface area contributed by atoms with E-state index in [4.69, 9.17) is 14.2 Å². The lowest BCUT2D eigenvalue weighted by atomic mass is 10.1. The Bertz CT molecular complexity index is 370. The third-order valence-corrected chi connectivity index (χ3v) is 2.45. The van der Waals surface area contributed by atoms with Crippen LogP contribution in [0.3, 0.4) is 0 Å². The second-order valence-electron chi connectivity index (χ2n) is 4.60. The molecule has 0 bridgehead atoms. The van der Waals surface area contributed by atoms with Crippen LogP contribution in [0.2, 0.25) is 0 Å². The molecule has 1 rings (SSSR count). The topological polar surface area (TPSA) is 44.8 Å². The Balaban J connectivity index is 2.25. The number of benzene rings is 1. The Morgan fingerprint density at radius 1 is 1.11 bits per heavy atom. The van der Waals surface area contributed by atoms with E-state index in [0.29, 0.717) is 24.9 Å². The summed E-state index contributed by atoms with van der Waals surface area (Å²) in [4.78, 5) is 11.4. The van der Waals surface area contributed by atoms with E-state index >= 15 is 0 Å². The van der Waals surface area contributed by atoms with Crippen molar-refractivity contribution in [1.29, 1.82) is 0 Å². The van der Waals surface area contributed by atoms with Crippen molar-refractivity contribution in [2.24, 2.45) is 5.92 Å². The summed E-state index contributed by atoms with van der Waals surface area (Å²) in [5, 5.41) is 0. The summed E-state index contributed by atoms with van der Waals surface area (Å²) < 4.78 is 15.7. The maximum Gasteiger partial charge on any atom is 0.344 e. The SMILES string of the molecule is CCOc1ccc(OCC(=O)OCCC(C)C)cc1. The van der Waals surface area contributed by atoms with Crippen molar-refractivity contribution in [3.05, 3.63) is 24.3 Å². The van der Waals surface area contributed by atoms with E-state index in [-0.39, 0.29) is 12.6 Å². The summed E-state index contributed by atoms with van der Waals surface area (Å²) in [7, 11) is 0. The van der Waals surface area contributed by atoms with Crippen LogP contribution in [0.1, 0.15) is 27.2 Å². The van der Waals surface area contributed by atoms with Crippen molar-refractivity contribution in [2.75, 3.05) is 19.8 Å².